The first-order valence-electron chi connectivity index (χ1n) is 14.0. The molecule has 5 atom stereocenters. The average Bonchev–Trinajstić information content (AvgIpc) is 3.22. The van der Waals surface area contributed by atoms with Crippen LogP contribution in [-0.4, -0.2) is 66.9 Å². The predicted molar refractivity (Wildman–Crippen MR) is 151 cm³/mol. The number of amides is 2. The highest BCUT2D eigenvalue weighted by Gasteiger charge is 2.70. The maximum atomic E-state index is 14.0. The number of piperidine rings is 1. The number of ether oxygens (including phenoxy) is 3. The van der Waals surface area contributed by atoms with Crippen LogP contribution in [0.3, 0.4) is 0 Å². The van der Waals surface area contributed by atoms with E-state index >= 15 is 0 Å². The first kappa shape index (κ1) is 28.1. The zero-order valence-corrected chi connectivity index (χ0v) is 24.4. The maximum absolute atomic E-state index is 14.0. The fraction of sp³-hybridized carbons (Fsp3) is 0.531. The summed E-state index contributed by atoms with van der Waals surface area (Å²) in [7, 11) is 1.34. The van der Waals surface area contributed by atoms with Crippen molar-refractivity contribution < 1.29 is 28.6 Å². The van der Waals surface area contributed by atoms with Crippen molar-refractivity contribution in [1.82, 2.24) is 10.2 Å². The third-order valence-corrected chi connectivity index (χ3v) is 8.83. The predicted octanol–water partition coefficient (Wildman–Crippen LogP) is 4.75. The van der Waals surface area contributed by atoms with Crippen LogP contribution < -0.4 is 5.32 Å². The second kappa shape index (κ2) is 10.2. The second-order valence-electron chi connectivity index (χ2n) is 12.8. The van der Waals surface area contributed by atoms with Crippen LogP contribution in [0.25, 0.3) is 11.1 Å². The molecule has 2 aromatic carbocycles. The van der Waals surface area contributed by atoms with Gasteiger partial charge in [0.2, 0.25) is 5.91 Å². The number of nitrogens with one attached hydrogen (secondary N) is 1. The molecule has 1 saturated heterocycles. The molecule has 1 saturated carbocycles. The molecule has 3 aliphatic rings. The van der Waals surface area contributed by atoms with Gasteiger partial charge in [-0.25, -0.2) is 9.59 Å². The summed E-state index contributed by atoms with van der Waals surface area (Å²) in [4.78, 5) is 41.5. The number of alkyl carbamates (subject to hydrolysis) is 1. The Morgan fingerprint density at radius 3 is 2.15 bits per heavy atom. The molecule has 2 aliphatic carbocycles. The van der Waals surface area contributed by atoms with E-state index < -0.39 is 35.9 Å². The molecule has 1 heterocycles. The molecule has 2 fully saturated rings. The van der Waals surface area contributed by atoms with Gasteiger partial charge in [0, 0.05) is 18.4 Å². The molecule has 1 aliphatic heterocycles. The van der Waals surface area contributed by atoms with E-state index in [0.717, 1.165) is 22.3 Å². The monoisotopic (exact) mass is 548 g/mol. The van der Waals surface area contributed by atoms with Crippen molar-refractivity contribution in [2.45, 2.75) is 71.2 Å². The van der Waals surface area contributed by atoms with E-state index in [4.69, 9.17) is 14.2 Å². The van der Waals surface area contributed by atoms with Crippen molar-refractivity contribution in [2.75, 3.05) is 20.3 Å². The molecule has 2 amide bonds. The van der Waals surface area contributed by atoms with E-state index in [1.165, 1.54) is 7.11 Å². The van der Waals surface area contributed by atoms with Gasteiger partial charge in [-0.05, 0) is 61.3 Å². The molecular weight excluding hydrogens is 508 g/mol. The van der Waals surface area contributed by atoms with Crippen LogP contribution in [0.2, 0.25) is 0 Å². The fourth-order valence-corrected chi connectivity index (χ4v) is 6.85. The van der Waals surface area contributed by atoms with Crippen molar-refractivity contribution in [2.24, 2.45) is 17.3 Å². The Kier molecular flexibility index (Phi) is 7.19. The molecule has 214 valence electrons. The normalized spacial score (nSPS) is 23.9. The van der Waals surface area contributed by atoms with E-state index in [1.807, 2.05) is 45.0 Å². The summed E-state index contributed by atoms with van der Waals surface area (Å²) in [5, 5.41) is 2.79. The van der Waals surface area contributed by atoms with Crippen molar-refractivity contribution in [3.05, 3.63) is 59.7 Å². The van der Waals surface area contributed by atoms with Gasteiger partial charge < -0.3 is 24.4 Å². The van der Waals surface area contributed by atoms with Crippen LogP contribution in [0.5, 0.6) is 0 Å². The Morgan fingerprint density at radius 2 is 1.60 bits per heavy atom. The number of likely N-dealkylation sites (tertiary alicyclic amines) is 1. The van der Waals surface area contributed by atoms with Crippen molar-refractivity contribution >= 4 is 18.0 Å². The van der Waals surface area contributed by atoms with E-state index in [9.17, 15) is 14.4 Å². The van der Waals surface area contributed by atoms with E-state index in [0.29, 0.717) is 6.54 Å². The molecule has 2 aromatic rings. The fourth-order valence-electron chi connectivity index (χ4n) is 6.85. The minimum atomic E-state index is -1.04. The molecule has 5 rings (SSSR count). The summed E-state index contributed by atoms with van der Waals surface area (Å²) in [6.07, 6.45) is -1.37. The summed E-state index contributed by atoms with van der Waals surface area (Å²) in [5.41, 5.74) is 3.88. The molecule has 0 radical (unpaired) electrons. The third-order valence-electron chi connectivity index (χ3n) is 8.83. The number of methoxy groups -OCH3 is 1. The Hall–Kier alpha value is -3.39. The Balaban J connectivity index is 1.33. The topological polar surface area (TPSA) is 94.2 Å². The largest absolute Gasteiger partial charge is 0.467 e. The minimum absolute atomic E-state index is 0.0258. The van der Waals surface area contributed by atoms with Gasteiger partial charge in [-0.2, -0.15) is 0 Å². The summed E-state index contributed by atoms with van der Waals surface area (Å²) in [6, 6.07) is 14.5. The second-order valence-corrected chi connectivity index (χ2v) is 12.8. The van der Waals surface area contributed by atoms with Gasteiger partial charge in [-0.3, -0.25) is 4.79 Å². The van der Waals surface area contributed by atoms with Gasteiger partial charge in [-0.15, -0.1) is 0 Å². The van der Waals surface area contributed by atoms with Gasteiger partial charge in [0.05, 0.1) is 18.8 Å². The van der Waals surface area contributed by atoms with Gasteiger partial charge in [0.1, 0.15) is 18.7 Å². The lowest BCUT2D eigenvalue weighted by molar-refractivity contribution is -0.156. The molecule has 8 heteroatoms. The van der Waals surface area contributed by atoms with Crippen LogP contribution in [-0.2, 0) is 23.8 Å². The number of rotatable bonds is 7. The Bertz CT molecular complexity index is 1270. The summed E-state index contributed by atoms with van der Waals surface area (Å²) >= 11 is 0. The smallest absolute Gasteiger partial charge is 0.407 e. The molecule has 0 spiro atoms. The number of carbonyl (C=O) groups excluding carboxylic acids is 3. The number of hydrogen-bond acceptors (Lipinski definition) is 6. The highest BCUT2D eigenvalue weighted by Crippen LogP contribution is 2.65. The highest BCUT2D eigenvalue weighted by molar-refractivity contribution is 5.91. The first-order valence-corrected chi connectivity index (χ1v) is 14.0. The maximum Gasteiger partial charge on any atom is 0.407 e. The lowest BCUT2D eigenvalue weighted by Gasteiger charge is -2.36. The lowest BCUT2D eigenvalue weighted by atomic mass is 9.98. The minimum Gasteiger partial charge on any atom is -0.467 e. The lowest BCUT2D eigenvalue weighted by Crippen LogP contribution is -2.58. The zero-order valence-electron chi connectivity index (χ0n) is 24.4. The van der Waals surface area contributed by atoms with E-state index in [2.05, 4.69) is 43.4 Å². The van der Waals surface area contributed by atoms with Crippen molar-refractivity contribution in [3.63, 3.8) is 0 Å². The van der Waals surface area contributed by atoms with Gasteiger partial charge >= 0.3 is 12.1 Å². The van der Waals surface area contributed by atoms with Gasteiger partial charge in [-0.1, -0.05) is 62.4 Å². The summed E-state index contributed by atoms with van der Waals surface area (Å²) in [6.45, 7) is 12.2. The Labute approximate surface area is 236 Å². The third kappa shape index (κ3) is 4.98. The number of fused-ring (bicyclic) bond motifs is 4. The highest BCUT2D eigenvalue weighted by atomic mass is 16.6. The van der Waals surface area contributed by atoms with E-state index in [-0.39, 0.29) is 35.7 Å². The molecule has 1 N–H and O–H groups in total. The van der Waals surface area contributed by atoms with Crippen LogP contribution in [0, 0.1) is 17.3 Å². The quantitative estimate of drug-likeness (QED) is 0.502. The number of esters is 1. The van der Waals surface area contributed by atoms with Crippen molar-refractivity contribution in [3.8, 4) is 11.1 Å². The number of nitrogens with zero attached hydrogens (tertiary/aromatic N) is 1. The Morgan fingerprint density at radius 1 is 1.02 bits per heavy atom. The number of benzene rings is 2. The van der Waals surface area contributed by atoms with Crippen LogP contribution in [0.1, 0.15) is 58.6 Å². The van der Waals surface area contributed by atoms with Crippen LogP contribution in [0.4, 0.5) is 4.79 Å². The van der Waals surface area contributed by atoms with E-state index in [1.54, 1.807) is 11.8 Å². The van der Waals surface area contributed by atoms with Crippen molar-refractivity contribution in [1.29, 1.82) is 0 Å². The molecule has 0 aromatic heterocycles. The number of carbonyl (C=O) groups is 3. The van der Waals surface area contributed by atoms with Gasteiger partial charge in [0.25, 0.3) is 0 Å². The SMILES string of the molecule is COC(=O)[C@@H]1[C@@H]2[C@H](CN1C(=O)C(NC(=O)OCC1c3ccccc3-c3ccccc31)[C@@H](C)OC(C)(C)C)C2(C)C. The summed E-state index contributed by atoms with van der Waals surface area (Å²) < 4.78 is 17.0. The molecule has 8 nitrogen and oxygen atoms in total. The van der Waals surface area contributed by atoms with Crippen LogP contribution in [0.15, 0.2) is 48.5 Å². The number of hydrogen-bond donors (Lipinski definition) is 1. The average molecular weight is 549 g/mol. The van der Waals surface area contributed by atoms with Gasteiger partial charge in [0.15, 0.2) is 0 Å². The molecular formula is C32H40N2O6. The molecule has 0 bridgehead atoms. The summed E-state index contributed by atoms with van der Waals surface area (Å²) in [5.74, 6) is -0.682. The first-order chi connectivity index (χ1) is 18.8. The van der Waals surface area contributed by atoms with Crippen LogP contribution >= 0.6 is 0 Å². The zero-order chi connectivity index (χ0) is 29.0. The molecule has 40 heavy (non-hydrogen) atoms. The molecule has 1 unspecified atom stereocenters. The standard InChI is InChI=1S/C32H40N2O6/c1-18(40-31(2,3)4)26(28(35)34-16-24-25(32(24,5)6)27(34)29(36)38-7)33-30(37)39-17-23-21-14-10-8-12-19(21)20-13-9-11-15-22(20)23/h8-15,18,23-27H,16-17H2,1-7H3,(H,33,37)/t18-,24+,25+,26?,27+/m1/s1.